The zero-order chi connectivity index (χ0) is 21.6. The number of benzene rings is 3. The van der Waals surface area contributed by atoms with Gasteiger partial charge < -0.3 is 10.1 Å². The summed E-state index contributed by atoms with van der Waals surface area (Å²) in [6.07, 6.45) is 0. The fourth-order valence-corrected chi connectivity index (χ4v) is 3.62. The number of aromatic nitrogens is 2. The maximum Gasteiger partial charge on any atom is 0.274 e. The summed E-state index contributed by atoms with van der Waals surface area (Å²) < 4.78 is 7.92. The molecular formula is C24H20BrN3O3. The monoisotopic (exact) mass is 477 g/mol. The minimum absolute atomic E-state index is 0.216. The second kappa shape index (κ2) is 9.57. The van der Waals surface area contributed by atoms with E-state index in [1.807, 2.05) is 54.6 Å². The van der Waals surface area contributed by atoms with Gasteiger partial charge in [0.25, 0.3) is 11.5 Å². The molecule has 0 bridgehead atoms. The Morgan fingerprint density at radius 2 is 1.71 bits per heavy atom. The van der Waals surface area contributed by atoms with Crippen LogP contribution in [0.4, 0.5) is 0 Å². The van der Waals surface area contributed by atoms with Crippen molar-refractivity contribution in [1.29, 1.82) is 0 Å². The maximum absolute atomic E-state index is 12.9. The lowest BCUT2D eigenvalue weighted by Crippen LogP contribution is -2.33. The molecule has 31 heavy (non-hydrogen) atoms. The van der Waals surface area contributed by atoms with E-state index in [0.29, 0.717) is 29.7 Å². The van der Waals surface area contributed by atoms with E-state index in [4.69, 9.17) is 4.74 Å². The Morgan fingerprint density at radius 3 is 2.48 bits per heavy atom. The summed E-state index contributed by atoms with van der Waals surface area (Å²) in [5.41, 5.74) is 0.920. The van der Waals surface area contributed by atoms with Gasteiger partial charge in [-0.3, -0.25) is 9.59 Å². The molecule has 0 saturated carbocycles. The Hall–Kier alpha value is -3.45. The van der Waals surface area contributed by atoms with Crippen molar-refractivity contribution in [3.63, 3.8) is 0 Å². The molecule has 0 unspecified atom stereocenters. The van der Waals surface area contributed by atoms with Crippen molar-refractivity contribution in [2.24, 2.45) is 0 Å². The fourth-order valence-electron chi connectivity index (χ4n) is 3.24. The van der Waals surface area contributed by atoms with Crippen LogP contribution in [0.5, 0.6) is 5.75 Å². The van der Waals surface area contributed by atoms with Crippen LogP contribution in [0.15, 0.2) is 88.1 Å². The summed E-state index contributed by atoms with van der Waals surface area (Å²) >= 11 is 3.40. The molecule has 3 aromatic carbocycles. The van der Waals surface area contributed by atoms with Gasteiger partial charge in [0, 0.05) is 9.86 Å². The van der Waals surface area contributed by atoms with Gasteiger partial charge in [-0.1, -0.05) is 70.5 Å². The van der Waals surface area contributed by atoms with Crippen LogP contribution in [0.25, 0.3) is 10.8 Å². The summed E-state index contributed by atoms with van der Waals surface area (Å²) in [5.74, 6) is 0.361. The summed E-state index contributed by atoms with van der Waals surface area (Å²) in [5, 5.41) is 8.21. The van der Waals surface area contributed by atoms with Crippen molar-refractivity contribution in [3.8, 4) is 5.75 Å². The molecule has 0 saturated heterocycles. The summed E-state index contributed by atoms with van der Waals surface area (Å²) in [6.45, 7) is 0.903. The van der Waals surface area contributed by atoms with Crippen LogP contribution < -0.4 is 15.6 Å². The van der Waals surface area contributed by atoms with Crippen LogP contribution in [0.1, 0.15) is 16.1 Å². The van der Waals surface area contributed by atoms with Gasteiger partial charge in [0.2, 0.25) is 0 Å². The lowest BCUT2D eigenvalue weighted by molar-refractivity contribution is 0.0941. The third-order valence-electron chi connectivity index (χ3n) is 4.71. The molecule has 0 aliphatic carbocycles. The molecule has 6 nitrogen and oxygen atoms in total. The maximum atomic E-state index is 12.9. The number of ether oxygens (including phenoxy) is 1. The quantitative estimate of drug-likeness (QED) is 0.408. The molecule has 4 aromatic rings. The highest BCUT2D eigenvalue weighted by molar-refractivity contribution is 9.10. The van der Waals surface area contributed by atoms with Crippen molar-refractivity contribution in [2.75, 3.05) is 13.2 Å². The van der Waals surface area contributed by atoms with Crippen molar-refractivity contribution >= 4 is 32.6 Å². The molecule has 0 atom stereocenters. The van der Waals surface area contributed by atoms with E-state index >= 15 is 0 Å². The van der Waals surface area contributed by atoms with E-state index in [-0.39, 0.29) is 23.7 Å². The molecule has 0 aliphatic heterocycles. The van der Waals surface area contributed by atoms with E-state index in [1.165, 1.54) is 4.68 Å². The highest BCUT2D eigenvalue weighted by atomic mass is 79.9. The SMILES string of the molecule is O=C(NCCOc1cccc(Br)c1)c1nn(Cc2ccccc2)c(=O)c2ccccc12. The highest BCUT2D eigenvalue weighted by Crippen LogP contribution is 2.17. The molecule has 0 spiro atoms. The number of nitrogens with one attached hydrogen (secondary N) is 1. The van der Waals surface area contributed by atoms with E-state index in [9.17, 15) is 9.59 Å². The zero-order valence-corrected chi connectivity index (χ0v) is 18.2. The average molecular weight is 478 g/mol. The second-order valence-corrected chi connectivity index (χ2v) is 7.82. The second-order valence-electron chi connectivity index (χ2n) is 6.90. The smallest absolute Gasteiger partial charge is 0.274 e. The topological polar surface area (TPSA) is 73.2 Å². The minimum atomic E-state index is -0.351. The summed E-state index contributed by atoms with van der Waals surface area (Å²) in [7, 11) is 0. The van der Waals surface area contributed by atoms with Crippen LogP contribution in [0.2, 0.25) is 0 Å². The van der Waals surface area contributed by atoms with E-state index < -0.39 is 0 Å². The summed E-state index contributed by atoms with van der Waals surface area (Å²) in [6, 6.07) is 24.1. The van der Waals surface area contributed by atoms with Gasteiger partial charge in [-0.2, -0.15) is 5.10 Å². The minimum Gasteiger partial charge on any atom is -0.492 e. The average Bonchev–Trinajstić information content (AvgIpc) is 2.79. The number of hydrogen-bond donors (Lipinski definition) is 1. The Morgan fingerprint density at radius 1 is 0.968 bits per heavy atom. The number of hydrogen-bond acceptors (Lipinski definition) is 4. The van der Waals surface area contributed by atoms with Gasteiger partial charge in [-0.05, 0) is 29.8 Å². The Balaban J connectivity index is 1.53. The van der Waals surface area contributed by atoms with Crippen LogP contribution in [0.3, 0.4) is 0 Å². The molecule has 0 fully saturated rings. The number of fused-ring (bicyclic) bond motifs is 1. The number of carbonyl (C=O) groups excluding carboxylic acids is 1. The molecule has 4 rings (SSSR count). The number of nitrogens with zero attached hydrogens (tertiary/aromatic N) is 2. The number of carbonyl (C=O) groups is 1. The van der Waals surface area contributed by atoms with Crippen LogP contribution >= 0.6 is 15.9 Å². The van der Waals surface area contributed by atoms with Crippen LogP contribution in [0, 0.1) is 0 Å². The predicted molar refractivity (Wildman–Crippen MR) is 124 cm³/mol. The van der Waals surface area contributed by atoms with Gasteiger partial charge in [-0.15, -0.1) is 0 Å². The van der Waals surface area contributed by atoms with Crippen LogP contribution in [-0.4, -0.2) is 28.8 Å². The Kier molecular flexibility index (Phi) is 6.43. The summed E-state index contributed by atoms with van der Waals surface area (Å²) in [4.78, 5) is 25.8. The standard InChI is InChI=1S/C24H20BrN3O3/c25-18-9-6-10-19(15-18)31-14-13-26-23(29)22-20-11-4-5-12-21(20)24(30)28(27-22)16-17-7-2-1-3-8-17/h1-12,15H,13-14,16H2,(H,26,29). The van der Waals surface area contributed by atoms with Crippen LogP contribution in [-0.2, 0) is 6.54 Å². The normalized spacial score (nSPS) is 10.7. The van der Waals surface area contributed by atoms with Gasteiger partial charge in [0.05, 0.1) is 18.5 Å². The first kappa shape index (κ1) is 20.8. The zero-order valence-electron chi connectivity index (χ0n) is 16.6. The van der Waals surface area contributed by atoms with Crippen molar-refractivity contribution in [1.82, 2.24) is 15.1 Å². The van der Waals surface area contributed by atoms with E-state index in [2.05, 4.69) is 26.3 Å². The molecule has 1 aromatic heterocycles. The highest BCUT2D eigenvalue weighted by Gasteiger charge is 2.16. The van der Waals surface area contributed by atoms with Gasteiger partial charge in [0.1, 0.15) is 12.4 Å². The van der Waals surface area contributed by atoms with Gasteiger partial charge in [0.15, 0.2) is 5.69 Å². The van der Waals surface area contributed by atoms with Crippen molar-refractivity contribution in [3.05, 3.63) is 105 Å². The van der Waals surface area contributed by atoms with Gasteiger partial charge >= 0.3 is 0 Å². The number of amides is 1. The lowest BCUT2D eigenvalue weighted by atomic mass is 10.1. The molecule has 156 valence electrons. The molecule has 0 radical (unpaired) electrons. The number of halogens is 1. The molecular weight excluding hydrogens is 458 g/mol. The van der Waals surface area contributed by atoms with Crippen molar-refractivity contribution < 1.29 is 9.53 Å². The Labute approximate surface area is 187 Å². The molecule has 1 heterocycles. The molecule has 1 N–H and O–H groups in total. The first-order chi connectivity index (χ1) is 15.1. The fraction of sp³-hybridized carbons (Fsp3) is 0.125. The first-order valence-corrected chi connectivity index (χ1v) is 10.6. The third-order valence-corrected chi connectivity index (χ3v) is 5.20. The van der Waals surface area contributed by atoms with E-state index in [1.54, 1.807) is 24.3 Å². The third kappa shape index (κ3) is 5.00. The van der Waals surface area contributed by atoms with Crippen molar-refractivity contribution in [2.45, 2.75) is 6.54 Å². The molecule has 0 aliphatic rings. The molecule has 7 heteroatoms. The molecule has 1 amide bonds. The first-order valence-electron chi connectivity index (χ1n) is 9.82. The largest absolute Gasteiger partial charge is 0.492 e. The van der Waals surface area contributed by atoms with Gasteiger partial charge in [-0.25, -0.2) is 4.68 Å². The predicted octanol–water partition coefficient (Wildman–Crippen LogP) is 4.02. The lowest BCUT2D eigenvalue weighted by Gasteiger charge is -2.12. The van der Waals surface area contributed by atoms with E-state index in [0.717, 1.165) is 10.0 Å². The Bertz CT molecular complexity index is 1270. The number of rotatable bonds is 7.